The molecule has 20 heavy (non-hydrogen) atoms. The van der Waals surface area contributed by atoms with Gasteiger partial charge in [-0.1, -0.05) is 15.9 Å². The van der Waals surface area contributed by atoms with Crippen LogP contribution in [0, 0.1) is 0 Å². The Morgan fingerprint density at radius 3 is 2.85 bits per heavy atom. The van der Waals surface area contributed by atoms with Crippen molar-refractivity contribution >= 4 is 48.0 Å². The maximum absolute atomic E-state index is 12.7. The van der Waals surface area contributed by atoms with Gasteiger partial charge in [0.1, 0.15) is 0 Å². The Labute approximate surface area is 133 Å². The molecule has 0 spiro atoms. The van der Waals surface area contributed by atoms with Crippen LogP contribution in [0.4, 0.5) is 0 Å². The van der Waals surface area contributed by atoms with Crippen molar-refractivity contribution < 1.29 is 17.9 Å². The molecule has 0 aromatic heterocycles. The van der Waals surface area contributed by atoms with Gasteiger partial charge in [-0.25, -0.2) is 13.2 Å². The zero-order chi connectivity index (χ0) is 14.8. The first-order valence-corrected chi connectivity index (χ1v) is 8.61. The van der Waals surface area contributed by atoms with Crippen molar-refractivity contribution in [1.29, 1.82) is 0 Å². The fraction of sp³-hybridized carbons (Fsp3) is 0.364. The Balaban J connectivity index is 2.47. The summed E-state index contributed by atoms with van der Waals surface area (Å²) in [6.45, 7) is 0.437. The highest BCUT2D eigenvalue weighted by atomic mass is 79.9. The summed E-state index contributed by atoms with van der Waals surface area (Å²) in [5.41, 5.74) is 0. The normalized spacial score (nSPS) is 20.4. The van der Waals surface area contributed by atoms with Gasteiger partial charge in [0.15, 0.2) is 6.17 Å². The van der Waals surface area contributed by atoms with E-state index in [1.165, 1.54) is 12.1 Å². The van der Waals surface area contributed by atoms with E-state index in [4.69, 9.17) is 4.74 Å². The van der Waals surface area contributed by atoms with Crippen LogP contribution < -0.4 is 0 Å². The minimum Gasteiger partial charge on any atom is -0.376 e. The predicted molar refractivity (Wildman–Crippen MR) is 78.5 cm³/mol. The zero-order valence-electron chi connectivity index (χ0n) is 10.1. The van der Waals surface area contributed by atoms with Gasteiger partial charge in [0, 0.05) is 15.5 Å². The average molecular weight is 426 g/mol. The predicted octanol–water partition coefficient (Wildman–Crippen LogP) is 1.89. The summed E-state index contributed by atoms with van der Waals surface area (Å²) in [5.74, 6) is 0. The van der Waals surface area contributed by atoms with Gasteiger partial charge in [0.25, 0.3) is 0 Å². The fourth-order valence-electron chi connectivity index (χ4n) is 1.82. The van der Waals surface area contributed by atoms with E-state index >= 15 is 0 Å². The van der Waals surface area contributed by atoms with Crippen LogP contribution in [0.15, 0.2) is 37.0 Å². The lowest BCUT2D eigenvalue weighted by molar-refractivity contribution is 0.0359. The van der Waals surface area contributed by atoms with Gasteiger partial charge in [-0.3, -0.25) is 0 Å². The number of morpholine rings is 1. The van der Waals surface area contributed by atoms with Crippen molar-refractivity contribution in [3.05, 3.63) is 27.1 Å². The number of rotatable bonds is 3. The molecule has 1 unspecified atom stereocenters. The molecular formula is C11H10Br2N2O4S. The van der Waals surface area contributed by atoms with E-state index in [1.54, 1.807) is 12.1 Å². The van der Waals surface area contributed by atoms with Crippen LogP contribution in [0.2, 0.25) is 0 Å². The third-order valence-corrected chi connectivity index (χ3v) is 6.12. The lowest BCUT2D eigenvalue weighted by atomic mass is 10.4. The van der Waals surface area contributed by atoms with E-state index in [-0.39, 0.29) is 24.7 Å². The smallest absolute Gasteiger partial charge is 0.246 e. The molecule has 1 aromatic carbocycles. The van der Waals surface area contributed by atoms with Crippen molar-refractivity contribution in [3.8, 4) is 0 Å². The molecule has 1 heterocycles. The summed E-state index contributed by atoms with van der Waals surface area (Å²) in [5, 5.41) is 0. The van der Waals surface area contributed by atoms with Crippen molar-refractivity contribution in [2.24, 2.45) is 4.99 Å². The number of aliphatic imine (C=N–C) groups is 1. The largest absolute Gasteiger partial charge is 0.376 e. The van der Waals surface area contributed by atoms with Gasteiger partial charge in [-0.15, -0.1) is 0 Å². The summed E-state index contributed by atoms with van der Waals surface area (Å²) < 4.78 is 32.7. The third-order valence-electron chi connectivity index (χ3n) is 2.74. The molecule has 108 valence electrons. The third kappa shape index (κ3) is 3.19. The molecule has 1 aliphatic rings. The zero-order valence-corrected chi connectivity index (χ0v) is 14.1. The summed E-state index contributed by atoms with van der Waals surface area (Å²) in [7, 11) is -3.78. The number of sulfonamides is 1. The number of carbonyl (C=O) groups excluding carboxylic acids is 1. The highest BCUT2D eigenvalue weighted by Crippen LogP contribution is 2.30. The molecule has 1 atom stereocenters. The van der Waals surface area contributed by atoms with E-state index in [0.29, 0.717) is 8.95 Å². The first kappa shape index (κ1) is 15.8. The molecule has 6 nitrogen and oxygen atoms in total. The van der Waals surface area contributed by atoms with Crippen LogP contribution in [-0.2, 0) is 19.6 Å². The van der Waals surface area contributed by atoms with Gasteiger partial charge in [-0.2, -0.15) is 9.30 Å². The fourth-order valence-corrected chi connectivity index (χ4v) is 4.78. The number of isocyanates is 1. The number of hydrogen-bond donors (Lipinski definition) is 0. The SMILES string of the molecule is O=C=NC1COCCN1S(=O)(=O)c1cc(Br)ccc1Br. The summed E-state index contributed by atoms with van der Waals surface area (Å²) in [6.07, 6.45) is 0.507. The molecule has 1 saturated heterocycles. The molecule has 1 aromatic rings. The Bertz CT molecular complexity index is 658. The minimum atomic E-state index is -3.78. The molecule has 0 amide bonds. The van der Waals surface area contributed by atoms with Crippen LogP contribution >= 0.6 is 31.9 Å². The van der Waals surface area contributed by atoms with Gasteiger partial charge >= 0.3 is 0 Å². The minimum absolute atomic E-state index is 0.0418. The van der Waals surface area contributed by atoms with Crippen LogP contribution in [-0.4, -0.2) is 44.7 Å². The molecule has 9 heteroatoms. The Morgan fingerprint density at radius 1 is 1.40 bits per heavy atom. The van der Waals surface area contributed by atoms with Crippen LogP contribution in [0.1, 0.15) is 0 Å². The Kier molecular flexibility index (Phi) is 5.11. The summed E-state index contributed by atoms with van der Waals surface area (Å²) in [4.78, 5) is 14.0. The highest BCUT2D eigenvalue weighted by molar-refractivity contribution is 9.11. The van der Waals surface area contributed by atoms with E-state index in [2.05, 4.69) is 36.9 Å². The van der Waals surface area contributed by atoms with E-state index < -0.39 is 16.2 Å². The van der Waals surface area contributed by atoms with Crippen LogP contribution in [0.25, 0.3) is 0 Å². The number of benzene rings is 1. The number of halogens is 2. The van der Waals surface area contributed by atoms with Crippen molar-refractivity contribution in [2.75, 3.05) is 19.8 Å². The molecule has 2 rings (SSSR count). The number of ether oxygens (including phenoxy) is 1. The van der Waals surface area contributed by atoms with Crippen molar-refractivity contribution in [1.82, 2.24) is 4.31 Å². The molecule has 0 saturated carbocycles. The van der Waals surface area contributed by atoms with E-state index in [9.17, 15) is 13.2 Å². The summed E-state index contributed by atoms with van der Waals surface area (Å²) in [6, 6.07) is 4.86. The Hall–Kier alpha value is -0.570. The molecule has 0 N–H and O–H groups in total. The van der Waals surface area contributed by atoms with Crippen LogP contribution in [0.3, 0.4) is 0 Å². The molecule has 1 fully saturated rings. The van der Waals surface area contributed by atoms with E-state index in [1.807, 2.05) is 0 Å². The number of hydrogen-bond acceptors (Lipinski definition) is 5. The van der Waals surface area contributed by atoms with Gasteiger partial charge < -0.3 is 4.74 Å². The first-order chi connectivity index (χ1) is 9.46. The average Bonchev–Trinajstić information content (AvgIpc) is 2.42. The standard InChI is InChI=1S/C11H10Br2N2O4S/c12-8-1-2-9(13)10(5-8)20(17,18)15-3-4-19-6-11(15)14-7-16/h1-2,5,11H,3-4,6H2. The molecule has 0 radical (unpaired) electrons. The monoisotopic (exact) mass is 424 g/mol. The van der Waals surface area contributed by atoms with Gasteiger partial charge in [0.05, 0.1) is 18.1 Å². The maximum atomic E-state index is 12.7. The molecular weight excluding hydrogens is 416 g/mol. The molecule has 1 aliphatic heterocycles. The second kappa shape index (κ2) is 6.46. The van der Waals surface area contributed by atoms with Crippen molar-refractivity contribution in [2.45, 2.75) is 11.1 Å². The number of nitrogens with zero attached hydrogens (tertiary/aromatic N) is 2. The lowest BCUT2D eigenvalue weighted by Crippen LogP contribution is -2.47. The quantitative estimate of drug-likeness (QED) is 0.547. The summed E-state index contributed by atoms with van der Waals surface area (Å²) >= 11 is 6.47. The van der Waals surface area contributed by atoms with E-state index in [0.717, 1.165) is 4.31 Å². The van der Waals surface area contributed by atoms with Gasteiger partial charge in [0.2, 0.25) is 16.1 Å². The van der Waals surface area contributed by atoms with Crippen LogP contribution in [0.5, 0.6) is 0 Å². The second-order valence-electron chi connectivity index (χ2n) is 3.97. The highest BCUT2D eigenvalue weighted by Gasteiger charge is 2.35. The van der Waals surface area contributed by atoms with Gasteiger partial charge in [-0.05, 0) is 34.1 Å². The second-order valence-corrected chi connectivity index (χ2v) is 7.60. The topological polar surface area (TPSA) is 76.0 Å². The maximum Gasteiger partial charge on any atom is 0.246 e. The first-order valence-electron chi connectivity index (χ1n) is 5.58. The molecule has 0 aliphatic carbocycles. The molecule has 0 bridgehead atoms. The van der Waals surface area contributed by atoms with Crippen molar-refractivity contribution in [3.63, 3.8) is 0 Å². The lowest BCUT2D eigenvalue weighted by Gasteiger charge is -2.31. The Morgan fingerprint density at radius 2 is 2.15 bits per heavy atom.